The van der Waals surface area contributed by atoms with Crippen LogP contribution in [-0.2, 0) is 6.18 Å². The first-order chi connectivity index (χ1) is 8.89. The first kappa shape index (κ1) is 13.3. The molecule has 2 rings (SSSR count). The maximum atomic E-state index is 12.4. The van der Waals surface area contributed by atoms with Crippen molar-refractivity contribution in [2.24, 2.45) is 0 Å². The molecule has 0 fully saturated rings. The van der Waals surface area contributed by atoms with Crippen LogP contribution in [0.2, 0.25) is 0 Å². The van der Waals surface area contributed by atoms with Gasteiger partial charge in [0.15, 0.2) is 5.78 Å². The van der Waals surface area contributed by atoms with Crippen LogP contribution in [0.1, 0.15) is 27.0 Å². The fourth-order valence-corrected chi connectivity index (χ4v) is 1.79. The van der Waals surface area contributed by atoms with Crippen LogP contribution in [0.5, 0.6) is 0 Å². The number of hydrogen-bond donors (Lipinski definition) is 0. The predicted molar refractivity (Wildman–Crippen MR) is 66.1 cm³/mol. The Balaban J connectivity index is 2.34. The third-order valence-electron chi connectivity index (χ3n) is 2.86. The van der Waals surface area contributed by atoms with Crippen LogP contribution in [0.15, 0.2) is 48.5 Å². The Morgan fingerprint density at radius 2 is 1.53 bits per heavy atom. The van der Waals surface area contributed by atoms with Crippen LogP contribution in [0, 0.1) is 6.92 Å². The summed E-state index contributed by atoms with van der Waals surface area (Å²) in [6.45, 7) is 1.79. The fourth-order valence-electron chi connectivity index (χ4n) is 1.79. The van der Waals surface area contributed by atoms with E-state index in [4.69, 9.17) is 0 Å². The number of rotatable bonds is 2. The first-order valence-corrected chi connectivity index (χ1v) is 5.67. The number of alkyl halides is 3. The molecular formula is C15H11F3O. The van der Waals surface area contributed by atoms with Gasteiger partial charge in [-0.15, -0.1) is 0 Å². The molecule has 0 aliphatic heterocycles. The van der Waals surface area contributed by atoms with Crippen molar-refractivity contribution in [1.82, 2.24) is 0 Å². The second-order valence-corrected chi connectivity index (χ2v) is 4.22. The van der Waals surface area contributed by atoms with Crippen LogP contribution in [0.25, 0.3) is 0 Å². The zero-order chi connectivity index (χ0) is 14.0. The maximum absolute atomic E-state index is 12.4. The van der Waals surface area contributed by atoms with E-state index in [0.717, 1.165) is 17.7 Å². The monoisotopic (exact) mass is 264 g/mol. The number of halogens is 3. The Morgan fingerprint density at radius 3 is 2.05 bits per heavy atom. The number of aryl methyl sites for hydroxylation is 1. The van der Waals surface area contributed by atoms with Gasteiger partial charge in [-0.3, -0.25) is 4.79 Å². The molecule has 0 saturated carbocycles. The van der Waals surface area contributed by atoms with Gasteiger partial charge < -0.3 is 0 Å². The van der Waals surface area contributed by atoms with Crippen molar-refractivity contribution in [3.63, 3.8) is 0 Å². The molecule has 19 heavy (non-hydrogen) atoms. The van der Waals surface area contributed by atoms with E-state index in [0.29, 0.717) is 5.56 Å². The summed E-state index contributed by atoms with van der Waals surface area (Å²) in [4.78, 5) is 12.1. The molecule has 0 heterocycles. The minimum absolute atomic E-state index is 0.252. The van der Waals surface area contributed by atoms with Crippen molar-refractivity contribution in [1.29, 1.82) is 0 Å². The molecule has 0 spiro atoms. The first-order valence-electron chi connectivity index (χ1n) is 5.67. The van der Waals surface area contributed by atoms with E-state index in [9.17, 15) is 18.0 Å². The van der Waals surface area contributed by atoms with Crippen LogP contribution in [0.4, 0.5) is 13.2 Å². The molecule has 2 aromatic carbocycles. The number of benzene rings is 2. The van der Waals surface area contributed by atoms with Crippen LogP contribution >= 0.6 is 0 Å². The molecule has 0 aliphatic carbocycles. The highest BCUT2D eigenvalue weighted by Gasteiger charge is 2.30. The highest BCUT2D eigenvalue weighted by atomic mass is 19.4. The van der Waals surface area contributed by atoms with Crippen molar-refractivity contribution in [3.05, 3.63) is 70.8 Å². The minimum Gasteiger partial charge on any atom is -0.289 e. The lowest BCUT2D eigenvalue weighted by Crippen LogP contribution is -2.07. The van der Waals surface area contributed by atoms with Crippen LogP contribution < -0.4 is 0 Å². The highest BCUT2D eigenvalue weighted by Crippen LogP contribution is 2.29. The molecule has 98 valence electrons. The fraction of sp³-hybridized carbons (Fsp3) is 0.133. The van der Waals surface area contributed by atoms with Crippen LogP contribution in [-0.4, -0.2) is 5.78 Å². The van der Waals surface area contributed by atoms with Gasteiger partial charge in [0.1, 0.15) is 0 Å². The Labute approximate surface area is 108 Å². The molecule has 0 amide bonds. The van der Waals surface area contributed by atoms with E-state index in [1.54, 1.807) is 31.2 Å². The molecular weight excluding hydrogens is 253 g/mol. The Bertz CT molecular complexity index is 598. The second kappa shape index (κ2) is 4.88. The number of carbonyl (C=O) groups excluding carboxylic acids is 1. The average Bonchev–Trinajstić information content (AvgIpc) is 2.38. The predicted octanol–water partition coefficient (Wildman–Crippen LogP) is 4.24. The van der Waals surface area contributed by atoms with Gasteiger partial charge in [-0.05, 0) is 24.6 Å². The van der Waals surface area contributed by atoms with Crippen molar-refractivity contribution in [2.45, 2.75) is 13.1 Å². The van der Waals surface area contributed by atoms with E-state index < -0.39 is 11.7 Å². The molecule has 0 saturated heterocycles. The molecule has 0 atom stereocenters. The van der Waals surface area contributed by atoms with Gasteiger partial charge in [-0.1, -0.05) is 36.4 Å². The van der Waals surface area contributed by atoms with Gasteiger partial charge >= 0.3 is 6.18 Å². The van der Waals surface area contributed by atoms with E-state index >= 15 is 0 Å². The molecule has 2 aromatic rings. The summed E-state index contributed by atoms with van der Waals surface area (Å²) in [7, 11) is 0. The smallest absolute Gasteiger partial charge is 0.289 e. The quantitative estimate of drug-likeness (QED) is 0.741. The molecule has 0 aromatic heterocycles. The molecule has 0 aliphatic rings. The summed E-state index contributed by atoms with van der Waals surface area (Å²) in [5, 5.41) is 0. The molecule has 0 unspecified atom stereocenters. The molecule has 0 N–H and O–H groups in total. The molecule has 4 heteroatoms. The Hall–Kier alpha value is -2.10. The van der Waals surface area contributed by atoms with E-state index in [1.165, 1.54) is 12.1 Å². The van der Waals surface area contributed by atoms with E-state index in [2.05, 4.69) is 0 Å². The van der Waals surface area contributed by atoms with Crippen molar-refractivity contribution in [3.8, 4) is 0 Å². The topological polar surface area (TPSA) is 17.1 Å². The van der Waals surface area contributed by atoms with E-state index in [1.807, 2.05) is 0 Å². The van der Waals surface area contributed by atoms with Crippen molar-refractivity contribution >= 4 is 5.78 Å². The molecule has 0 radical (unpaired) electrons. The van der Waals surface area contributed by atoms with Crippen molar-refractivity contribution in [2.75, 3.05) is 0 Å². The third-order valence-corrected chi connectivity index (χ3v) is 2.86. The summed E-state index contributed by atoms with van der Waals surface area (Å²) in [5.41, 5.74) is 0.797. The number of hydrogen-bond acceptors (Lipinski definition) is 1. The second-order valence-electron chi connectivity index (χ2n) is 4.22. The molecule has 1 nitrogen and oxygen atoms in total. The lowest BCUT2D eigenvalue weighted by Gasteiger charge is -2.08. The Morgan fingerprint density at radius 1 is 0.947 bits per heavy atom. The normalized spacial score (nSPS) is 11.4. The summed E-state index contributed by atoms with van der Waals surface area (Å²) < 4.78 is 37.3. The number of ketones is 1. The zero-order valence-corrected chi connectivity index (χ0v) is 10.2. The lowest BCUT2D eigenvalue weighted by molar-refractivity contribution is -0.137. The van der Waals surface area contributed by atoms with Gasteiger partial charge in [0.2, 0.25) is 0 Å². The largest absolute Gasteiger partial charge is 0.416 e. The number of carbonyl (C=O) groups is 1. The van der Waals surface area contributed by atoms with Gasteiger partial charge in [-0.2, -0.15) is 13.2 Å². The van der Waals surface area contributed by atoms with Crippen molar-refractivity contribution < 1.29 is 18.0 Å². The summed E-state index contributed by atoms with van der Waals surface area (Å²) in [6, 6.07) is 11.2. The highest BCUT2D eigenvalue weighted by molar-refractivity contribution is 6.09. The molecule has 0 bridgehead atoms. The lowest BCUT2D eigenvalue weighted by atomic mass is 9.98. The summed E-state index contributed by atoms with van der Waals surface area (Å²) in [6.07, 6.45) is -4.38. The summed E-state index contributed by atoms with van der Waals surface area (Å²) in [5.74, 6) is -0.271. The Kier molecular flexibility index (Phi) is 3.42. The SMILES string of the molecule is Cc1ccccc1C(=O)c1ccc(C(F)(F)F)cc1. The van der Waals surface area contributed by atoms with Gasteiger partial charge in [0, 0.05) is 11.1 Å². The zero-order valence-electron chi connectivity index (χ0n) is 10.2. The average molecular weight is 264 g/mol. The van der Waals surface area contributed by atoms with Crippen LogP contribution in [0.3, 0.4) is 0 Å². The summed E-state index contributed by atoms with van der Waals surface area (Å²) >= 11 is 0. The maximum Gasteiger partial charge on any atom is 0.416 e. The third kappa shape index (κ3) is 2.84. The van der Waals surface area contributed by atoms with Gasteiger partial charge in [0.25, 0.3) is 0 Å². The minimum atomic E-state index is -4.38. The van der Waals surface area contributed by atoms with Gasteiger partial charge in [-0.25, -0.2) is 0 Å². The van der Waals surface area contributed by atoms with Gasteiger partial charge in [0.05, 0.1) is 5.56 Å². The van der Waals surface area contributed by atoms with E-state index in [-0.39, 0.29) is 11.3 Å². The standard InChI is InChI=1S/C15H11F3O/c1-10-4-2-3-5-13(10)14(19)11-6-8-12(9-7-11)15(16,17)18/h2-9H,1H3.